The van der Waals surface area contributed by atoms with E-state index in [1.807, 2.05) is 40.6 Å². The van der Waals surface area contributed by atoms with Gasteiger partial charge in [0.2, 0.25) is 5.91 Å². The van der Waals surface area contributed by atoms with E-state index in [4.69, 9.17) is 5.73 Å². The highest BCUT2D eigenvalue weighted by Gasteiger charge is 2.41. The Morgan fingerprint density at radius 1 is 1.07 bits per heavy atom. The monoisotopic (exact) mass is 405 g/mol. The fourth-order valence-corrected chi connectivity index (χ4v) is 4.76. The Labute approximate surface area is 169 Å². The lowest BCUT2D eigenvalue weighted by Crippen LogP contribution is -2.47. The largest absolute Gasteiger partial charge is 0.339 e. The van der Waals surface area contributed by atoms with E-state index in [9.17, 15) is 9.59 Å². The Morgan fingerprint density at radius 2 is 1.85 bits per heavy atom. The zero-order valence-corrected chi connectivity index (χ0v) is 16.6. The minimum atomic E-state index is -0.355. The smallest absolute Gasteiger partial charge is 0.264 e. The molecule has 2 aromatic rings. The van der Waals surface area contributed by atoms with E-state index >= 15 is 0 Å². The molecule has 0 saturated carbocycles. The van der Waals surface area contributed by atoms with Gasteiger partial charge in [-0.2, -0.15) is 0 Å². The van der Waals surface area contributed by atoms with E-state index in [1.165, 1.54) is 16.9 Å². The van der Waals surface area contributed by atoms with Gasteiger partial charge >= 0.3 is 0 Å². The number of halogens is 1. The van der Waals surface area contributed by atoms with E-state index in [0.717, 1.165) is 12.8 Å². The predicted molar refractivity (Wildman–Crippen MR) is 109 cm³/mol. The molecule has 0 spiro atoms. The van der Waals surface area contributed by atoms with Gasteiger partial charge in [0.25, 0.3) is 5.91 Å². The fraction of sp³-hybridized carbons (Fsp3) is 0.400. The number of hydrogen-bond acceptors (Lipinski definition) is 4. The fourth-order valence-electron chi connectivity index (χ4n) is 4.08. The first-order chi connectivity index (χ1) is 12.6. The number of thiophene rings is 1. The van der Waals surface area contributed by atoms with Crippen molar-refractivity contribution in [3.8, 4) is 0 Å². The molecule has 2 aliphatic rings. The molecular weight excluding hydrogens is 382 g/mol. The van der Waals surface area contributed by atoms with Gasteiger partial charge < -0.3 is 15.5 Å². The summed E-state index contributed by atoms with van der Waals surface area (Å²) < 4.78 is 0. The summed E-state index contributed by atoms with van der Waals surface area (Å²) in [5, 5.41) is 1.89. The molecule has 1 aromatic heterocycles. The molecule has 3 heterocycles. The van der Waals surface area contributed by atoms with Crippen molar-refractivity contribution in [2.45, 2.75) is 30.8 Å². The van der Waals surface area contributed by atoms with Gasteiger partial charge in [0.1, 0.15) is 6.04 Å². The standard InChI is InChI=1S/C20H23N3O2S.ClH/c21-16-13-22(12-15(16)14-6-2-1-3-7-14)19(24)17-8-4-10-23(17)20(25)18-9-5-11-26-18;/h1-3,5-7,9,11,15-17H,4,8,10,12-13,21H2;1H/t15-,16+,17?;/m0./s1. The van der Waals surface area contributed by atoms with Crippen LogP contribution < -0.4 is 5.73 Å². The van der Waals surface area contributed by atoms with Crippen molar-refractivity contribution in [3.63, 3.8) is 0 Å². The van der Waals surface area contributed by atoms with Gasteiger partial charge in [-0.15, -0.1) is 23.7 Å². The van der Waals surface area contributed by atoms with Crippen LogP contribution in [0, 0.1) is 0 Å². The molecule has 27 heavy (non-hydrogen) atoms. The van der Waals surface area contributed by atoms with Crippen LogP contribution in [0.15, 0.2) is 47.8 Å². The molecule has 4 rings (SSSR count). The molecule has 2 aliphatic heterocycles. The number of nitrogens with two attached hydrogens (primary N) is 1. The Hall–Kier alpha value is -1.89. The average Bonchev–Trinajstić information content (AvgIpc) is 3.41. The van der Waals surface area contributed by atoms with Crippen LogP contribution in [0.4, 0.5) is 0 Å². The van der Waals surface area contributed by atoms with Crippen LogP contribution in [0.5, 0.6) is 0 Å². The Morgan fingerprint density at radius 3 is 2.56 bits per heavy atom. The number of hydrogen-bond donors (Lipinski definition) is 1. The van der Waals surface area contributed by atoms with Crippen molar-refractivity contribution < 1.29 is 9.59 Å². The highest BCUT2D eigenvalue weighted by atomic mass is 35.5. The van der Waals surface area contributed by atoms with Crippen LogP contribution >= 0.6 is 23.7 Å². The van der Waals surface area contributed by atoms with Gasteiger partial charge in [-0.05, 0) is 29.9 Å². The first-order valence-corrected chi connectivity index (χ1v) is 9.97. The van der Waals surface area contributed by atoms with Gasteiger partial charge in [0.15, 0.2) is 0 Å². The molecule has 1 aromatic carbocycles. The first-order valence-electron chi connectivity index (χ1n) is 9.09. The maximum atomic E-state index is 13.1. The molecule has 2 N–H and O–H groups in total. The number of nitrogens with zero attached hydrogens (tertiary/aromatic N) is 2. The third-order valence-electron chi connectivity index (χ3n) is 5.44. The summed E-state index contributed by atoms with van der Waals surface area (Å²) in [6.07, 6.45) is 1.60. The molecule has 0 bridgehead atoms. The van der Waals surface area contributed by atoms with Crippen molar-refractivity contribution in [3.05, 3.63) is 58.3 Å². The Balaban J connectivity index is 0.00000210. The van der Waals surface area contributed by atoms with Crippen LogP contribution in [0.25, 0.3) is 0 Å². The first kappa shape index (κ1) is 19.9. The van der Waals surface area contributed by atoms with Gasteiger partial charge in [-0.25, -0.2) is 0 Å². The van der Waals surface area contributed by atoms with Crippen LogP contribution in [-0.2, 0) is 4.79 Å². The minimum Gasteiger partial charge on any atom is -0.339 e. The third-order valence-corrected chi connectivity index (χ3v) is 6.29. The third kappa shape index (κ3) is 3.88. The van der Waals surface area contributed by atoms with E-state index in [0.29, 0.717) is 24.5 Å². The van der Waals surface area contributed by atoms with E-state index in [1.54, 1.807) is 4.90 Å². The maximum Gasteiger partial charge on any atom is 0.264 e. The van der Waals surface area contributed by atoms with Crippen LogP contribution in [0.2, 0.25) is 0 Å². The van der Waals surface area contributed by atoms with Crippen molar-refractivity contribution in [2.24, 2.45) is 5.73 Å². The lowest BCUT2D eigenvalue weighted by atomic mass is 9.95. The molecule has 144 valence electrons. The summed E-state index contributed by atoms with van der Waals surface area (Å²) in [6.45, 7) is 1.83. The molecule has 7 heteroatoms. The van der Waals surface area contributed by atoms with Crippen molar-refractivity contribution in [1.29, 1.82) is 0 Å². The van der Waals surface area contributed by atoms with Gasteiger partial charge in [-0.1, -0.05) is 36.4 Å². The molecule has 0 radical (unpaired) electrons. The van der Waals surface area contributed by atoms with E-state index < -0.39 is 0 Å². The summed E-state index contributed by atoms with van der Waals surface area (Å²) in [5.41, 5.74) is 7.51. The highest BCUT2D eigenvalue weighted by Crippen LogP contribution is 2.29. The summed E-state index contributed by atoms with van der Waals surface area (Å²) in [7, 11) is 0. The lowest BCUT2D eigenvalue weighted by Gasteiger charge is -2.27. The number of likely N-dealkylation sites (tertiary alicyclic amines) is 2. The van der Waals surface area contributed by atoms with E-state index in [2.05, 4.69) is 12.1 Å². The maximum absolute atomic E-state index is 13.1. The van der Waals surface area contributed by atoms with Crippen molar-refractivity contribution in [2.75, 3.05) is 19.6 Å². The molecule has 2 amide bonds. The number of rotatable bonds is 3. The summed E-state index contributed by atoms with van der Waals surface area (Å²) in [4.78, 5) is 30.2. The van der Waals surface area contributed by atoms with Crippen LogP contribution in [0.3, 0.4) is 0 Å². The molecule has 2 fully saturated rings. The topological polar surface area (TPSA) is 66.6 Å². The van der Waals surface area contributed by atoms with Crippen LogP contribution in [0.1, 0.15) is 34.0 Å². The zero-order valence-electron chi connectivity index (χ0n) is 15.0. The highest BCUT2D eigenvalue weighted by molar-refractivity contribution is 7.12. The normalized spacial score (nSPS) is 24.7. The van der Waals surface area contributed by atoms with Gasteiger partial charge in [0.05, 0.1) is 4.88 Å². The summed E-state index contributed by atoms with van der Waals surface area (Å²) >= 11 is 1.43. The van der Waals surface area contributed by atoms with Gasteiger partial charge in [0, 0.05) is 31.6 Å². The molecule has 3 atom stereocenters. The second-order valence-corrected chi connectivity index (χ2v) is 8.01. The minimum absolute atomic E-state index is 0. The summed E-state index contributed by atoms with van der Waals surface area (Å²) in [6, 6.07) is 13.4. The molecule has 1 unspecified atom stereocenters. The number of benzene rings is 1. The zero-order chi connectivity index (χ0) is 18.1. The second-order valence-electron chi connectivity index (χ2n) is 7.06. The Bertz CT molecular complexity index is 784. The lowest BCUT2D eigenvalue weighted by molar-refractivity contribution is -0.134. The van der Waals surface area contributed by atoms with Crippen molar-refractivity contribution in [1.82, 2.24) is 9.80 Å². The predicted octanol–water partition coefficient (Wildman–Crippen LogP) is 2.73. The Kier molecular flexibility index (Phi) is 6.19. The van der Waals surface area contributed by atoms with Crippen molar-refractivity contribution >= 4 is 35.6 Å². The molecule has 5 nitrogen and oxygen atoms in total. The quantitative estimate of drug-likeness (QED) is 0.853. The molecule has 2 saturated heterocycles. The number of carbonyl (C=O) groups is 2. The van der Waals surface area contributed by atoms with E-state index in [-0.39, 0.29) is 42.2 Å². The van der Waals surface area contributed by atoms with Gasteiger partial charge in [-0.3, -0.25) is 9.59 Å². The summed E-state index contributed by atoms with van der Waals surface area (Å²) in [5.74, 6) is 0.170. The molecule has 0 aliphatic carbocycles. The molecular formula is C20H24ClN3O2S. The van der Waals surface area contributed by atoms with Crippen LogP contribution in [-0.4, -0.2) is 53.3 Å². The SMILES string of the molecule is Cl.N[C@@H]1CN(C(=O)C2CCCN2C(=O)c2cccs2)C[C@H]1c1ccccc1. The average molecular weight is 406 g/mol. The number of amides is 2. The number of carbonyl (C=O) groups excluding carboxylic acids is 2. The second kappa shape index (κ2) is 8.42.